The molecule has 0 fully saturated rings. The Labute approximate surface area is 223 Å². The number of nitriles is 2. The smallest absolute Gasteiger partial charge is 0.330 e. The zero-order chi connectivity index (χ0) is 27.3. The lowest BCUT2D eigenvalue weighted by atomic mass is 10.1. The fourth-order valence-electron chi connectivity index (χ4n) is 3.18. The summed E-state index contributed by atoms with van der Waals surface area (Å²) in [5.41, 5.74) is 1.40. The summed E-state index contributed by atoms with van der Waals surface area (Å²) in [5.74, 6) is 0.381. The average Bonchev–Trinajstić information content (AvgIpc) is 3.60. The normalized spacial score (nSPS) is 10.6. The lowest BCUT2D eigenvalue weighted by Gasteiger charge is -2.15. The van der Waals surface area contributed by atoms with Crippen molar-refractivity contribution >= 4 is 40.4 Å². The third-order valence-corrected chi connectivity index (χ3v) is 5.81. The molecule has 3 aromatic rings. The predicted octanol–water partition coefficient (Wildman–Crippen LogP) is 4.17. The maximum absolute atomic E-state index is 11.2. The molecule has 0 aliphatic heterocycles. The van der Waals surface area contributed by atoms with Gasteiger partial charge in [-0.15, -0.1) is 26.7 Å². The van der Waals surface area contributed by atoms with Crippen molar-refractivity contribution in [2.24, 2.45) is 10.2 Å². The Balaban J connectivity index is 1.90. The van der Waals surface area contributed by atoms with Crippen LogP contribution < -0.4 is 10.6 Å². The Morgan fingerprint density at radius 1 is 1.21 bits per heavy atom. The molecule has 0 aliphatic rings. The first kappa shape index (κ1) is 27.9. The summed E-state index contributed by atoms with van der Waals surface area (Å²) in [6, 6.07) is 4.23. The first-order valence-corrected chi connectivity index (χ1v) is 12.4. The number of rotatable bonds is 14. The maximum atomic E-state index is 11.2. The molecule has 0 bridgehead atoms. The number of anilines is 2. The van der Waals surface area contributed by atoms with E-state index in [-0.39, 0.29) is 18.0 Å². The van der Waals surface area contributed by atoms with Gasteiger partial charge in [-0.2, -0.15) is 10.5 Å². The van der Waals surface area contributed by atoms with E-state index in [4.69, 9.17) is 9.47 Å². The van der Waals surface area contributed by atoms with E-state index < -0.39 is 5.97 Å². The molecule has 196 valence electrons. The van der Waals surface area contributed by atoms with Crippen LogP contribution in [0.3, 0.4) is 0 Å². The highest BCUT2D eigenvalue weighted by atomic mass is 32.1. The largest absolute Gasteiger partial charge is 0.462 e. The van der Waals surface area contributed by atoms with E-state index in [1.165, 1.54) is 22.2 Å². The number of esters is 1. The van der Waals surface area contributed by atoms with Crippen molar-refractivity contribution < 1.29 is 14.3 Å². The Morgan fingerprint density at radius 2 is 1.97 bits per heavy atom. The van der Waals surface area contributed by atoms with Crippen molar-refractivity contribution in [3.63, 3.8) is 0 Å². The highest BCUT2D eigenvalue weighted by Crippen LogP contribution is 2.35. The number of pyridine rings is 1. The minimum Gasteiger partial charge on any atom is -0.462 e. The fourth-order valence-corrected chi connectivity index (χ4v) is 3.75. The molecule has 0 atom stereocenters. The summed E-state index contributed by atoms with van der Waals surface area (Å²) >= 11 is 1.36. The van der Waals surface area contributed by atoms with Gasteiger partial charge in [0.15, 0.2) is 5.82 Å². The van der Waals surface area contributed by atoms with Crippen LogP contribution in [0.15, 0.2) is 40.7 Å². The second kappa shape index (κ2) is 14.2. The van der Waals surface area contributed by atoms with Crippen LogP contribution >= 0.6 is 11.3 Å². The van der Waals surface area contributed by atoms with E-state index in [1.54, 1.807) is 25.6 Å². The van der Waals surface area contributed by atoms with Crippen molar-refractivity contribution in [3.8, 4) is 17.3 Å². The van der Waals surface area contributed by atoms with Gasteiger partial charge in [0.2, 0.25) is 10.9 Å². The van der Waals surface area contributed by atoms with Crippen LogP contribution in [0.25, 0.3) is 5.13 Å². The van der Waals surface area contributed by atoms with Gasteiger partial charge in [-0.3, -0.25) is 0 Å². The minimum absolute atomic E-state index is 0.113. The van der Waals surface area contributed by atoms with Gasteiger partial charge in [0, 0.05) is 50.0 Å². The number of hydrogen-bond acceptors (Lipinski definition) is 13. The van der Waals surface area contributed by atoms with Crippen LogP contribution in [0.5, 0.6) is 0 Å². The second-order valence-corrected chi connectivity index (χ2v) is 8.50. The summed E-state index contributed by atoms with van der Waals surface area (Å²) in [7, 11) is 1.62. The molecular weight excluding hydrogens is 508 g/mol. The molecule has 0 saturated heterocycles. The van der Waals surface area contributed by atoms with Crippen molar-refractivity contribution in [1.82, 2.24) is 19.7 Å². The number of nitrogens with one attached hydrogen (secondary N) is 2. The van der Waals surface area contributed by atoms with E-state index in [0.717, 1.165) is 6.08 Å². The monoisotopic (exact) mass is 534 g/mol. The van der Waals surface area contributed by atoms with E-state index in [0.29, 0.717) is 66.1 Å². The number of thiazole rings is 1. The topological polar surface area (TPSA) is 175 Å². The standard InChI is InChI=1S/C24H26N10O3S/c1-4-19(35)37-11-6-8-27-22-18(14-26)16(2)20(23(30-22)28-7-5-10-36-3)31-32-21-17(13-25)15-34(33-21)24-29-9-12-38-24/h4,9,12,15H,1,5-8,10-11H2,2-3H3,(H2,27,28,30). The van der Waals surface area contributed by atoms with Crippen molar-refractivity contribution in [3.05, 3.63) is 47.1 Å². The summed E-state index contributed by atoms with van der Waals surface area (Å²) < 4.78 is 11.6. The Hall–Kier alpha value is -4.66. The fraction of sp³-hybridized carbons (Fsp3) is 0.333. The van der Waals surface area contributed by atoms with Crippen LogP contribution in [-0.2, 0) is 14.3 Å². The van der Waals surface area contributed by atoms with E-state index >= 15 is 0 Å². The lowest BCUT2D eigenvalue weighted by molar-refractivity contribution is -0.137. The maximum Gasteiger partial charge on any atom is 0.330 e. The van der Waals surface area contributed by atoms with Gasteiger partial charge in [0.05, 0.1) is 18.4 Å². The molecule has 13 nitrogen and oxygen atoms in total. The van der Waals surface area contributed by atoms with E-state index in [1.807, 2.05) is 0 Å². The summed E-state index contributed by atoms with van der Waals surface area (Å²) in [5, 5.41) is 41.0. The molecule has 3 aromatic heterocycles. The first-order valence-electron chi connectivity index (χ1n) is 11.5. The van der Waals surface area contributed by atoms with Crippen molar-refractivity contribution in [2.75, 3.05) is 44.0 Å². The van der Waals surface area contributed by atoms with Gasteiger partial charge in [0.1, 0.15) is 29.2 Å². The number of nitrogens with zero attached hydrogens (tertiary/aromatic N) is 8. The zero-order valence-corrected chi connectivity index (χ0v) is 21.8. The number of aromatic nitrogens is 4. The Kier molecular flexibility index (Phi) is 10.4. The molecule has 14 heteroatoms. The van der Waals surface area contributed by atoms with Crippen LogP contribution in [0.4, 0.5) is 23.1 Å². The predicted molar refractivity (Wildman–Crippen MR) is 141 cm³/mol. The summed E-state index contributed by atoms with van der Waals surface area (Å²) in [6.45, 7) is 6.79. The minimum atomic E-state index is -0.495. The van der Waals surface area contributed by atoms with Crippen LogP contribution in [0.2, 0.25) is 0 Å². The van der Waals surface area contributed by atoms with E-state index in [9.17, 15) is 15.3 Å². The van der Waals surface area contributed by atoms with Gasteiger partial charge in [-0.25, -0.2) is 19.4 Å². The molecule has 38 heavy (non-hydrogen) atoms. The lowest BCUT2D eigenvalue weighted by Crippen LogP contribution is -2.13. The third kappa shape index (κ3) is 7.19. The second-order valence-electron chi connectivity index (χ2n) is 7.63. The van der Waals surface area contributed by atoms with Crippen LogP contribution in [0, 0.1) is 29.6 Å². The van der Waals surface area contributed by atoms with Crippen LogP contribution in [-0.4, -0.2) is 59.1 Å². The molecule has 0 radical (unpaired) electrons. The zero-order valence-electron chi connectivity index (χ0n) is 21.0. The number of hydrogen-bond donors (Lipinski definition) is 2. The molecule has 3 heterocycles. The molecule has 0 aromatic carbocycles. The molecule has 2 N–H and O–H groups in total. The van der Waals surface area contributed by atoms with E-state index in [2.05, 4.69) is 54.6 Å². The SMILES string of the molecule is C=CC(=O)OCCCNc1nc(NCCCOC)c(N=Nc2nn(-c3nccs3)cc2C#N)c(C)c1C#N. The molecule has 0 unspecified atom stereocenters. The number of azo groups is 1. The highest BCUT2D eigenvalue weighted by molar-refractivity contribution is 7.12. The number of ether oxygens (including phenoxy) is 2. The Bertz CT molecular complexity index is 1370. The summed E-state index contributed by atoms with van der Waals surface area (Å²) in [6.07, 6.45) is 5.48. The quantitative estimate of drug-likeness (QED) is 0.132. The molecule has 0 aliphatic carbocycles. The molecule has 0 amide bonds. The number of carbonyl (C=O) groups excluding carboxylic acids is 1. The number of carbonyl (C=O) groups is 1. The van der Waals surface area contributed by atoms with Crippen molar-refractivity contribution in [1.29, 1.82) is 10.5 Å². The van der Waals surface area contributed by atoms with Gasteiger partial charge in [0.25, 0.3) is 0 Å². The average molecular weight is 535 g/mol. The van der Waals surface area contributed by atoms with Gasteiger partial charge in [-0.05, 0) is 19.8 Å². The Morgan fingerprint density at radius 3 is 2.63 bits per heavy atom. The molecule has 0 saturated carbocycles. The molecule has 3 rings (SSSR count). The van der Waals surface area contributed by atoms with Gasteiger partial charge in [-0.1, -0.05) is 6.58 Å². The van der Waals surface area contributed by atoms with Gasteiger partial charge >= 0.3 is 5.97 Å². The highest BCUT2D eigenvalue weighted by Gasteiger charge is 2.18. The van der Waals surface area contributed by atoms with Crippen molar-refractivity contribution in [2.45, 2.75) is 19.8 Å². The molecule has 0 spiro atoms. The molecular formula is C24H26N10O3S. The third-order valence-electron chi connectivity index (χ3n) is 5.04. The number of methoxy groups -OCH3 is 1. The first-order chi connectivity index (χ1) is 18.5. The van der Waals surface area contributed by atoms with Gasteiger partial charge < -0.3 is 20.1 Å². The van der Waals surface area contributed by atoms with Crippen LogP contribution in [0.1, 0.15) is 29.5 Å². The summed E-state index contributed by atoms with van der Waals surface area (Å²) in [4.78, 5) is 20.0.